The zero-order chi connectivity index (χ0) is 17.8. The summed E-state index contributed by atoms with van der Waals surface area (Å²) < 4.78 is 18.1. The SMILES string of the molecule is COC(=O)[C@H](C)[C@H](C)[C@H](C[Si](C)(C)C)S(=O)c1ccc(C)cc1. The molecular formula is C18H30O3SSi. The van der Waals surface area contributed by atoms with E-state index in [4.69, 9.17) is 4.74 Å². The van der Waals surface area contributed by atoms with E-state index in [-0.39, 0.29) is 23.1 Å². The number of esters is 1. The molecule has 23 heavy (non-hydrogen) atoms. The third kappa shape index (κ3) is 5.88. The van der Waals surface area contributed by atoms with Crippen molar-refractivity contribution >= 4 is 24.8 Å². The Kier molecular flexibility index (Phi) is 7.20. The third-order valence-corrected chi connectivity index (χ3v) is 8.13. The molecule has 1 unspecified atom stereocenters. The Morgan fingerprint density at radius 1 is 1.17 bits per heavy atom. The van der Waals surface area contributed by atoms with Crippen molar-refractivity contribution in [2.24, 2.45) is 11.8 Å². The van der Waals surface area contributed by atoms with Gasteiger partial charge in [-0.05, 0) is 31.0 Å². The van der Waals surface area contributed by atoms with E-state index in [1.54, 1.807) is 0 Å². The second kappa shape index (κ2) is 8.24. The van der Waals surface area contributed by atoms with Gasteiger partial charge in [-0.25, -0.2) is 0 Å². The smallest absolute Gasteiger partial charge is 0.308 e. The number of methoxy groups -OCH3 is 1. The number of benzene rings is 1. The summed E-state index contributed by atoms with van der Waals surface area (Å²) in [4.78, 5) is 12.8. The predicted molar refractivity (Wildman–Crippen MR) is 99.9 cm³/mol. The second-order valence-corrected chi connectivity index (χ2v) is 14.8. The largest absolute Gasteiger partial charge is 0.469 e. The molecule has 130 valence electrons. The van der Waals surface area contributed by atoms with Crippen molar-refractivity contribution in [1.82, 2.24) is 0 Å². The van der Waals surface area contributed by atoms with E-state index in [1.165, 1.54) is 7.11 Å². The van der Waals surface area contributed by atoms with Gasteiger partial charge < -0.3 is 4.74 Å². The first-order valence-electron chi connectivity index (χ1n) is 8.12. The summed E-state index contributed by atoms with van der Waals surface area (Å²) in [5.41, 5.74) is 1.16. The molecule has 1 aromatic rings. The highest BCUT2D eigenvalue weighted by Crippen LogP contribution is 2.30. The van der Waals surface area contributed by atoms with Gasteiger partial charge in [-0.2, -0.15) is 0 Å². The Bertz CT molecular complexity index is 548. The maximum Gasteiger partial charge on any atom is 0.308 e. The van der Waals surface area contributed by atoms with Crippen molar-refractivity contribution in [3.05, 3.63) is 29.8 Å². The highest BCUT2D eigenvalue weighted by atomic mass is 32.2. The minimum atomic E-state index is -1.43. The van der Waals surface area contributed by atoms with Crippen molar-refractivity contribution in [3.8, 4) is 0 Å². The van der Waals surface area contributed by atoms with E-state index in [0.717, 1.165) is 16.5 Å². The zero-order valence-corrected chi connectivity index (χ0v) is 17.2. The van der Waals surface area contributed by atoms with Gasteiger partial charge in [0.25, 0.3) is 0 Å². The molecule has 0 saturated carbocycles. The summed E-state index contributed by atoms with van der Waals surface area (Å²) in [6.45, 7) is 12.8. The molecule has 0 fully saturated rings. The first-order valence-corrected chi connectivity index (χ1v) is 13.0. The standard InChI is InChI=1S/C18H30O3SSi/c1-13-8-10-16(11-9-13)22(20)17(12-23(5,6)7)14(2)15(3)18(19)21-4/h8-11,14-15,17H,12H2,1-7H3/t14-,15+,17-,22?/m0/s1. The van der Waals surface area contributed by atoms with E-state index < -0.39 is 18.9 Å². The van der Waals surface area contributed by atoms with E-state index in [1.807, 2.05) is 45.0 Å². The normalized spacial score (nSPS) is 17.2. The summed E-state index contributed by atoms with van der Waals surface area (Å²) in [7, 11) is -1.13. The van der Waals surface area contributed by atoms with Gasteiger partial charge in [-0.3, -0.25) is 9.00 Å². The van der Waals surface area contributed by atoms with Crippen LogP contribution in [0, 0.1) is 18.8 Å². The van der Waals surface area contributed by atoms with Crippen LogP contribution in [0.2, 0.25) is 25.7 Å². The third-order valence-electron chi connectivity index (χ3n) is 4.29. The quantitative estimate of drug-likeness (QED) is 0.543. The number of carbonyl (C=O) groups excluding carboxylic acids is 1. The van der Waals surface area contributed by atoms with Crippen LogP contribution in [0.25, 0.3) is 0 Å². The van der Waals surface area contributed by atoms with Gasteiger partial charge in [-0.1, -0.05) is 51.2 Å². The van der Waals surface area contributed by atoms with Gasteiger partial charge in [0, 0.05) is 18.2 Å². The lowest BCUT2D eigenvalue weighted by molar-refractivity contribution is -0.146. The monoisotopic (exact) mass is 354 g/mol. The molecule has 0 heterocycles. The summed E-state index contributed by atoms with van der Waals surface area (Å²) >= 11 is 0. The summed E-state index contributed by atoms with van der Waals surface area (Å²) in [6, 6.07) is 8.80. The van der Waals surface area contributed by atoms with Crippen LogP contribution in [-0.2, 0) is 20.3 Å². The molecular weight excluding hydrogens is 324 g/mol. The first-order chi connectivity index (χ1) is 10.6. The van der Waals surface area contributed by atoms with Gasteiger partial charge in [0.05, 0.1) is 23.8 Å². The lowest BCUT2D eigenvalue weighted by Crippen LogP contribution is -2.38. The van der Waals surface area contributed by atoms with Crippen molar-refractivity contribution in [2.45, 2.75) is 56.6 Å². The van der Waals surface area contributed by atoms with Crippen LogP contribution in [0.5, 0.6) is 0 Å². The molecule has 0 aliphatic heterocycles. The van der Waals surface area contributed by atoms with E-state index in [2.05, 4.69) is 19.6 Å². The number of hydrogen-bond donors (Lipinski definition) is 0. The maximum atomic E-state index is 13.2. The molecule has 0 spiro atoms. The number of hydrogen-bond acceptors (Lipinski definition) is 3. The number of aryl methyl sites for hydroxylation is 1. The second-order valence-electron chi connectivity index (χ2n) is 7.58. The predicted octanol–water partition coefficient (Wildman–Crippen LogP) is 4.25. The molecule has 1 rings (SSSR count). The molecule has 0 bridgehead atoms. The van der Waals surface area contributed by atoms with Crippen LogP contribution in [0.3, 0.4) is 0 Å². The lowest BCUT2D eigenvalue weighted by Gasteiger charge is -2.31. The summed E-state index contributed by atoms with van der Waals surface area (Å²) in [5.74, 6) is -0.467. The Morgan fingerprint density at radius 2 is 1.70 bits per heavy atom. The van der Waals surface area contributed by atoms with Crippen molar-refractivity contribution in [1.29, 1.82) is 0 Å². The van der Waals surface area contributed by atoms with Gasteiger partial charge in [0.15, 0.2) is 0 Å². The molecule has 0 amide bonds. The maximum absolute atomic E-state index is 13.2. The van der Waals surface area contributed by atoms with E-state index in [0.29, 0.717) is 0 Å². The average Bonchev–Trinajstić information content (AvgIpc) is 2.49. The van der Waals surface area contributed by atoms with E-state index >= 15 is 0 Å². The van der Waals surface area contributed by atoms with Crippen LogP contribution in [0.4, 0.5) is 0 Å². The zero-order valence-electron chi connectivity index (χ0n) is 15.4. The minimum absolute atomic E-state index is 0.0105. The summed E-state index contributed by atoms with van der Waals surface area (Å²) in [6.07, 6.45) is 0. The lowest BCUT2D eigenvalue weighted by atomic mass is 9.93. The van der Waals surface area contributed by atoms with Crippen LogP contribution in [0.1, 0.15) is 19.4 Å². The number of rotatable bonds is 7. The summed E-state index contributed by atoms with van der Waals surface area (Å²) in [5, 5.41) is -0.0292. The molecule has 0 N–H and O–H groups in total. The van der Waals surface area contributed by atoms with Crippen molar-refractivity contribution in [2.75, 3.05) is 7.11 Å². The molecule has 3 nitrogen and oxygen atoms in total. The van der Waals surface area contributed by atoms with Crippen molar-refractivity contribution < 1.29 is 13.7 Å². The Labute approximate surface area is 144 Å². The van der Waals surface area contributed by atoms with Crippen LogP contribution in [0.15, 0.2) is 29.2 Å². The molecule has 5 heteroatoms. The Morgan fingerprint density at radius 3 is 2.13 bits per heavy atom. The van der Waals surface area contributed by atoms with Crippen LogP contribution in [-0.4, -0.2) is 30.6 Å². The molecule has 0 aliphatic carbocycles. The van der Waals surface area contributed by atoms with Crippen LogP contribution < -0.4 is 0 Å². The van der Waals surface area contributed by atoms with Crippen LogP contribution >= 0.6 is 0 Å². The highest BCUT2D eigenvalue weighted by Gasteiger charge is 2.35. The molecule has 0 saturated heterocycles. The fraction of sp³-hybridized carbons (Fsp3) is 0.611. The molecule has 0 aromatic heterocycles. The van der Waals surface area contributed by atoms with Gasteiger partial charge >= 0.3 is 5.97 Å². The molecule has 4 atom stereocenters. The van der Waals surface area contributed by atoms with Gasteiger partial charge in [-0.15, -0.1) is 0 Å². The highest BCUT2D eigenvalue weighted by molar-refractivity contribution is 7.85. The minimum Gasteiger partial charge on any atom is -0.469 e. The molecule has 0 radical (unpaired) electrons. The van der Waals surface area contributed by atoms with E-state index in [9.17, 15) is 9.00 Å². The fourth-order valence-corrected chi connectivity index (χ4v) is 7.69. The molecule has 0 aliphatic rings. The topological polar surface area (TPSA) is 43.4 Å². The number of ether oxygens (including phenoxy) is 1. The number of carbonyl (C=O) groups is 1. The Hall–Kier alpha value is -0.943. The van der Waals surface area contributed by atoms with Gasteiger partial charge in [0.2, 0.25) is 0 Å². The van der Waals surface area contributed by atoms with Crippen molar-refractivity contribution in [3.63, 3.8) is 0 Å². The first kappa shape index (κ1) is 20.1. The average molecular weight is 355 g/mol. The Balaban J connectivity index is 3.11. The van der Waals surface area contributed by atoms with Gasteiger partial charge in [0.1, 0.15) is 0 Å². The fourth-order valence-electron chi connectivity index (χ4n) is 2.63. The molecule has 1 aromatic carbocycles.